The molecule has 1 atom stereocenters. The van der Waals surface area contributed by atoms with Crippen LogP contribution in [0.25, 0.3) is 6.08 Å². The number of rotatable bonds is 5. The molecule has 2 N–H and O–H groups in total. The Balaban J connectivity index is 1.88. The summed E-state index contributed by atoms with van der Waals surface area (Å²) in [5.41, 5.74) is -0.278. The molecule has 1 aromatic heterocycles. The lowest BCUT2D eigenvalue weighted by atomic mass is 10.0. The minimum absolute atomic E-state index is 0.0818. The molecule has 0 saturated carbocycles. The lowest BCUT2D eigenvalue weighted by Crippen LogP contribution is -2.37. The average Bonchev–Trinajstić information content (AvgIpc) is 2.99. The van der Waals surface area contributed by atoms with Gasteiger partial charge in [0.2, 0.25) is 5.91 Å². The first-order valence-corrected chi connectivity index (χ1v) is 6.35. The maximum atomic E-state index is 11.7. The fourth-order valence-corrected chi connectivity index (χ4v) is 1.73. The molecule has 2 aromatic rings. The maximum absolute atomic E-state index is 11.7. The highest BCUT2D eigenvalue weighted by Crippen LogP contribution is 2.19. The van der Waals surface area contributed by atoms with Crippen LogP contribution in [0.15, 0.2) is 59.2 Å². The maximum Gasteiger partial charge on any atom is 0.244 e. The van der Waals surface area contributed by atoms with Crippen LogP contribution in [0.2, 0.25) is 0 Å². The second kappa shape index (κ2) is 6.21. The number of hydrogen-bond acceptors (Lipinski definition) is 3. The molecule has 2 rings (SSSR count). The smallest absolute Gasteiger partial charge is 0.244 e. The summed E-state index contributed by atoms with van der Waals surface area (Å²) >= 11 is 0. The van der Waals surface area contributed by atoms with E-state index in [1.54, 1.807) is 25.1 Å². The number of furan rings is 1. The van der Waals surface area contributed by atoms with Crippen molar-refractivity contribution in [3.05, 3.63) is 66.1 Å². The largest absolute Gasteiger partial charge is 0.466 e. The van der Waals surface area contributed by atoms with Gasteiger partial charge in [-0.1, -0.05) is 30.3 Å². The standard InChI is InChI=1S/C16H17NO3/c1-16(19,14-8-5-11-20-14)12-17-15(18)10-9-13-6-3-2-4-7-13/h2-11,19H,12H2,1H3,(H,17,18)/b10-9+. The summed E-state index contributed by atoms with van der Waals surface area (Å²) in [6.07, 6.45) is 4.64. The minimum atomic E-state index is -1.22. The highest BCUT2D eigenvalue weighted by atomic mass is 16.4. The summed E-state index contributed by atoms with van der Waals surface area (Å²) in [7, 11) is 0. The summed E-state index contributed by atoms with van der Waals surface area (Å²) in [6, 6.07) is 12.9. The lowest BCUT2D eigenvalue weighted by Gasteiger charge is -2.20. The van der Waals surface area contributed by atoms with Crippen molar-refractivity contribution in [1.82, 2.24) is 5.32 Å². The second-order valence-electron chi connectivity index (χ2n) is 4.71. The molecule has 0 bridgehead atoms. The summed E-state index contributed by atoms with van der Waals surface area (Å²) in [6.45, 7) is 1.67. The summed E-state index contributed by atoms with van der Waals surface area (Å²) in [5.74, 6) is 0.158. The van der Waals surface area contributed by atoms with Gasteiger partial charge in [-0.15, -0.1) is 0 Å². The number of benzene rings is 1. The highest BCUT2D eigenvalue weighted by Gasteiger charge is 2.26. The molecule has 1 aromatic carbocycles. The quantitative estimate of drug-likeness (QED) is 0.820. The van der Waals surface area contributed by atoms with Crippen LogP contribution in [0.1, 0.15) is 18.2 Å². The zero-order valence-electron chi connectivity index (χ0n) is 11.2. The summed E-state index contributed by atoms with van der Waals surface area (Å²) in [5, 5.41) is 12.8. The number of nitrogens with one attached hydrogen (secondary N) is 1. The van der Waals surface area contributed by atoms with Crippen molar-refractivity contribution in [3.63, 3.8) is 0 Å². The van der Waals surface area contributed by atoms with E-state index in [-0.39, 0.29) is 12.5 Å². The molecule has 1 heterocycles. The van der Waals surface area contributed by atoms with Gasteiger partial charge >= 0.3 is 0 Å². The molecule has 0 aliphatic rings. The fraction of sp³-hybridized carbons (Fsp3) is 0.188. The second-order valence-corrected chi connectivity index (χ2v) is 4.71. The SMILES string of the molecule is CC(O)(CNC(=O)/C=C/c1ccccc1)c1ccco1. The molecule has 0 aliphatic carbocycles. The van der Waals surface area contributed by atoms with E-state index in [0.29, 0.717) is 5.76 Å². The molecule has 1 amide bonds. The summed E-state index contributed by atoms with van der Waals surface area (Å²) in [4.78, 5) is 11.7. The van der Waals surface area contributed by atoms with Crippen molar-refractivity contribution < 1.29 is 14.3 Å². The Morgan fingerprint density at radius 1 is 1.30 bits per heavy atom. The normalized spacial score (nSPS) is 14.1. The Morgan fingerprint density at radius 2 is 2.05 bits per heavy atom. The van der Waals surface area contributed by atoms with E-state index < -0.39 is 5.60 Å². The van der Waals surface area contributed by atoms with Crippen molar-refractivity contribution in [1.29, 1.82) is 0 Å². The van der Waals surface area contributed by atoms with Gasteiger partial charge in [0.25, 0.3) is 0 Å². The van der Waals surface area contributed by atoms with Gasteiger partial charge in [0, 0.05) is 6.08 Å². The van der Waals surface area contributed by atoms with Crippen molar-refractivity contribution in [3.8, 4) is 0 Å². The zero-order valence-corrected chi connectivity index (χ0v) is 11.2. The number of carbonyl (C=O) groups is 1. The van der Waals surface area contributed by atoms with Crippen molar-refractivity contribution in [2.45, 2.75) is 12.5 Å². The first-order chi connectivity index (χ1) is 9.58. The minimum Gasteiger partial charge on any atom is -0.466 e. The predicted molar refractivity (Wildman–Crippen MR) is 76.8 cm³/mol. The highest BCUT2D eigenvalue weighted by molar-refractivity contribution is 5.91. The van der Waals surface area contributed by atoms with Crippen LogP contribution in [-0.2, 0) is 10.4 Å². The molecule has 20 heavy (non-hydrogen) atoms. The van der Waals surface area contributed by atoms with Gasteiger partial charge in [0.1, 0.15) is 11.4 Å². The van der Waals surface area contributed by atoms with Crippen molar-refractivity contribution >= 4 is 12.0 Å². The van der Waals surface area contributed by atoms with Gasteiger partial charge in [-0.05, 0) is 30.7 Å². The number of hydrogen-bond donors (Lipinski definition) is 2. The Kier molecular flexibility index (Phi) is 4.38. The molecule has 0 aliphatic heterocycles. The van der Waals surface area contributed by atoms with E-state index in [1.165, 1.54) is 12.3 Å². The molecule has 0 saturated heterocycles. The van der Waals surface area contributed by atoms with Crippen LogP contribution in [0.3, 0.4) is 0 Å². The van der Waals surface area contributed by atoms with Gasteiger partial charge in [-0.25, -0.2) is 0 Å². The Hall–Kier alpha value is -2.33. The molecule has 4 nitrogen and oxygen atoms in total. The zero-order chi connectivity index (χ0) is 14.4. The monoisotopic (exact) mass is 271 g/mol. The number of carbonyl (C=O) groups excluding carboxylic acids is 1. The van der Waals surface area contributed by atoms with E-state index in [1.807, 2.05) is 30.3 Å². The third-order valence-electron chi connectivity index (χ3n) is 2.89. The molecular weight excluding hydrogens is 254 g/mol. The predicted octanol–water partition coefficient (Wildman–Crippen LogP) is 2.32. The Labute approximate surface area is 117 Å². The fourth-order valence-electron chi connectivity index (χ4n) is 1.73. The molecule has 4 heteroatoms. The Bertz CT molecular complexity index is 571. The van der Waals surface area contributed by atoms with E-state index in [0.717, 1.165) is 5.56 Å². The first-order valence-electron chi connectivity index (χ1n) is 6.35. The van der Waals surface area contributed by atoms with Crippen LogP contribution in [0, 0.1) is 0 Å². The molecule has 0 radical (unpaired) electrons. The van der Waals surface area contributed by atoms with Gasteiger partial charge in [0.15, 0.2) is 0 Å². The molecular formula is C16H17NO3. The van der Waals surface area contributed by atoms with Gasteiger partial charge < -0.3 is 14.8 Å². The molecule has 0 fully saturated rings. The first kappa shape index (κ1) is 14.1. The van der Waals surface area contributed by atoms with Crippen molar-refractivity contribution in [2.24, 2.45) is 0 Å². The molecule has 0 spiro atoms. The van der Waals surface area contributed by atoms with Crippen LogP contribution < -0.4 is 5.32 Å². The summed E-state index contributed by atoms with van der Waals surface area (Å²) < 4.78 is 5.14. The topological polar surface area (TPSA) is 62.5 Å². The van der Waals surface area contributed by atoms with Gasteiger partial charge in [-0.3, -0.25) is 4.79 Å². The van der Waals surface area contributed by atoms with Crippen molar-refractivity contribution in [2.75, 3.05) is 6.54 Å². The number of amides is 1. The third kappa shape index (κ3) is 3.83. The van der Waals surface area contributed by atoms with Crippen LogP contribution >= 0.6 is 0 Å². The number of aliphatic hydroxyl groups is 1. The molecule has 104 valence electrons. The lowest BCUT2D eigenvalue weighted by molar-refractivity contribution is -0.117. The van der Waals surface area contributed by atoms with E-state index in [4.69, 9.17) is 4.42 Å². The van der Waals surface area contributed by atoms with E-state index >= 15 is 0 Å². The van der Waals surface area contributed by atoms with Gasteiger partial charge in [-0.2, -0.15) is 0 Å². The van der Waals surface area contributed by atoms with E-state index in [9.17, 15) is 9.90 Å². The van der Waals surface area contributed by atoms with E-state index in [2.05, 4.69) is 5.32 Å². The van der Waals surface area contributed by atoms with Crippen LogP contribution in [0.4, 0.5) is 0 Å². The molecule has 1 unspecified atom stereocenters. The van der Waals surface area contributed by atoms with Crippen LogP contribution in [-0.4, -0.2) is 17.6 Å². The third-order valence-corrected chi connectivity index (χ3v) is 2.89. The van der Waals surface area contributed by atoms with Gasteiger partial charge in [0.05, 0.1) is 12.8 Å². The Morgan fingerprint density at radius 3 is 2.70 bits per heavy atom. The average molecular weight is 271 g/mol. The van der Waals surface area contributed by atoms with Crippen LogP contribution in [0.5, 0.6) is 0 Å².